The summed E-state index contributed by atoms with van der Waals surface area (Å²) in [4.78, 5) is 8.34. The zero-order valence-electron chi connectivity index (χ0n) is 17.1. The van der Waals surface area contributed by atoms with Gasteiger partial charge in [0.2, 0.25) is 5.88 Å². The van der Waals surface area contributed by atoms with Crippen LogP contribution in [0.2, 0.25) is 0 Å². The highest BCUT2D eigenvalue weighted by molar-refractivity contribution is 7.92. The van der Waals surface area contributed by atoms with E-state index in [1.54, 1.807) is 48.3 Å². The Hall–Kier alpha value is -3.99. The molecule has 4 rings (SSSR count). The SMILES string of the molecule is COc1ccc(S(=O)(=O)Nc2ccc(Oc3cc(-n4cccn4)nc(C)n3)cc2)cc1F. The number of halogens is 1. The molecule has 0 aliphatic carbocycles. The van der Waals surface area contributed by atoms with Gasteiger partial charge in [0.05, 0.1) is 12.0 Å². The summed E-state index contributed by atoms with van der Waals surface area (Å²) in [5.41, 5.74) is 0.282. The van der Waals surface area contributed by atoms with Gasteiger partial charge in [-0.25, -0.2) is 22.5 Å². The minimum atomic E-state index is -3.99. The fourth-order valence-corrected chi connectivity index (χ4v) is 3.91. The van der Waals surface area contributed by atoms with E-state index in [2.05, 4.69) is 19.8 Å². The first kappa shape index (κ1) is 21.2. The number of benzene rings is 2. The van der Waals surface area contributed by atoms with Crippen molar-refractivity contribution in [2.45, 2.75) is 11.8 Å². The molecule has 0 amide bonds. The van der Waals surface area contributed by atoms with Crippen LogP contribution in [0, 0.1) is 12.7 Å². The predicted molar refractivity (Wildman–Crippen MR) is 114 cm³/mol. The molecule has 164 valence electrons. The first-order chi connectivity index (χ1) is 15.3. The van der Waals surface area contributed by atoms with Gasteiger partial charge in [-0.2, -0.15) is 10.1 Å². The number of aryl methyl sites for hydroxylation is 1. The highest BCUT2D eigenvalue weighted by atomic mass is 32.2. The molecule has 0 unspecified atom stereocenters. The summed E-state index contributed by atoms with van der Waals surface area (Å²) < 4.78 is 53.5. The van der Waals surface area contributed by atoms with Gasteiger partial charge in [0, 0.05) is 24.1 Å². The van der Waals surface area contributed by atoms with E-state index < -0.39 is 15.8 Å². The summed E-state index contributed by atoms with van der Waals surface area (Å²) in [6.07, 6.45) is 3.39. The molecule has 2 heterocycles. The Balaban J connectivity index is 1.50. The van der Waals surface area contributed by atoms with Crippen molar-refractivity contribution < 1.29 is 22.3 Å². The van der Waals surface area contributed by atoms with E-state index in [4.69, 9.17) is 9.47 Å². The van der Waals surface area contributed by atoms with E-state index in [1.807, 2.05) is 0 Å². The third-order valence-electron chi connectivity index (χ3n) is 4.30. The number of hydrogen-bond donors (Lipinski definition) is 1. The molecule has 0 aliphatic rings. The van der Waals surface area contributed by atoms with Gasteiger partial charge >= 0.3 is 0 Å². The Morgan fingerprint density at radius 3 is 2.50 bits per heavy atom. The number of methoxy groups -OCH3 is 1. The second-order valence-electron chi connectivity index (χ2n) is 6.59. The van der Waals surface area contributed by atoms with Crippen molar-refractivity contribution in [2.75, 3.05) is 11.8 Å². The molecule has 0 atom stereocenters. The quantitative estimate of drug-likeness (QED) is 0.452. The second-order valence-corrected chi connectivity index (χ2v) is 8.27. The standard InChI is InChI=1S/C21H18FN5O4S/c1-14-24-20(27-11-3-10-23-27)13-21(25-14)31-16-6-4-15(5-7-16)26-32(28,29)17-8-9-19(30-2)18(22)12-17/h3-13,26H,1-2H3. The van der Waals surface area contributed by atoms with E-state index >= 15 is 0 Å². The Morgan fingerprint density at radius 1 is 1.06 bits per heavy atom. The van der Waals surface area contributed by atoms with Crippen molar-refractivity contribution in [2.24, 2.45) is 0 Å². The number of nitrogens with zero attached hydrogens (tertiary/aromatic N) is 4. The Bertz CT molecular complexity index is 1340. The summed E-state index contributed by atoms with van der Waals surface area (Å²) in [7, 11) is -2.68. The van der Waals surface area contributed by atoms with Gasteiger partial charge in [-0.15, -0.1) is 0 Å². The Morgan fingerprint density at radius 2 is 1.84 bits per heavy atom. The predicted octanol–water partition coefficient (Wildman–Crippen LogP) is 3.71. The summed E-state index contributed by atoms with van der Waals surface area (Å²) in [6, 6.07) is 13.0. The molecule has 2 aromatic carbocycles. The average molecular weight is 455 g/mol. The molecule has 4 aromatic rings. The molecule has 0 radical (unpaired) electrons. The van der Waals surface area contributed by atoms with Crippen LogP contribution in [0.4, 0.5) is 10.1 Å². The van der Waals surface area contributed by atoms with Crippen LogP contribution in [-0.4, -0.2) is 35.3 Å². The van der Waals surface area contributed by atoms with E-state index in [9.17, 15) is 12.8 Å². The van der Waals surface area contributed by atoms with Gasteiger partial charge in [-0.3, -0.25) is 4.72 Å². The van der Waals surface area contributed by atoms with Crippen LogP contribution in [0.25, 0.3) is 5.82 Å². The van der Waals surface area contributed by atoms with Crippen LogP contribution in [0.5, 0.6) is 17.4 Å². The summed E-state index contributed by atoms with van der Waals surface area (Å²) >= 11 is 0. The topological polar surface area (TPSA) is 108 Å². The summed E-state index contributed by atoms with van der Waals surface area (Å²) in [5, 5.41) is 4.14. The fourth-order valence-electron chi connectivity index (χ4n) is 2.84. The van der Waals surface area contributed by atoms with Crippen molar-refractivity contribution in [1.82, 2.24) is 19.7 Å². The third-order valence-corrected chi connectivity index (χ3v) is 5.68. The molecular formula is C21H18FN5O4S. The minimum Gasteiger partial charge on any atom is -0.494 e. The number of sulfonamides is 1. The number of anilines is 1. The highest BCUT2D eigenvalue weighted by Crippen LogP contribution is 2.26. The second kappa shape index (κ2) is 8.63. The number of nitrogens with one attached hydrogen (secondary N) is 1. The number of aromatic nitrogens is 4. The summed E-state index contributed by atoms with van der Waals surface area (Å²) in [5.74, 6) is 0.991. The first-order valence-electron chi connectivity index (χ1n) is 9.34. The van der Waals surface area contributed by atoms with Gasteiger partial charge in [0.1, 0.15) is 11.6 Å². The minimum absolute atomic E-state index is 0.0406. The largest absolute Gasteiger partial charge is 0.494 e. The van der Waals surface area contributed by atoms with Gasteiger partial charge in [-0.1, -0.05) is 0 Å². The van der Waals surface area contributed by atoms with E-state index in [0.717, 1.165) is 6.07 Å². The van der Waals surface area contributed by atoms with E-state index in [-0.39, 0.29) is 16.3 Å². The van der Waals surface area contributed by atoms with Crippen molar-refractivity contribution in [3.8, 4) is 23.2 Å². The normalized spacial score (nSPS) is 11.2. The van der Waals surface area contributed by atoms with Crippen LogP contribution in [0.1, 0.15) is 5.82 Å². The van der Waals surface area contributed by atoms with Crippen LogP contribution < -0.4 is 14.2 Å². The van der Waals surface area contributed by atoms with Crippen molar-refractivity contribution >= 4 is 15.7 Å². The van der Waals surface area contributed by atoms with Gasteiger partial charge in [0.15, 0.2) is 17.4 Å². The maximum absolute atomic E-state index is 13.9. The molecule has 0 fully saturated rings. The first-order valence-corrected chi connectivity index (χ1v) is 10.8. The van der Waals surface area contributed by atoms with Gasteiger partial charge in [0.25, 0.3) is 10.0 Å². The molecule has 0 saturated heterocycles. The maximum atomic E-state index is 13.9. The van der Waals surface area contributed by atoms with E-state index in [1.165, 1.54) is 31.4 Å². The maximum Gasteiger partial charge on any atom is 0.262 e. The van der Waals surface area contributed by atoms with Gasteiger partial charge < -0.3 is 9.47 Å². The average Bonchev–Trinajstić information content (AvgIpc) is 3.29. The molecule has 11 heteroatoms. The zero-order chi connectivity index (χ0) is 22.7. The van der Waals surface area contributed by atoms with Crippen LogP contribution >= 0.6 is 0 Å². The van der Waals surface area contributed by atoms with Gasteiger partial charge in [-0.05, 0) is 55.5 Å². The molecule has 9 nitrogen and oxygen atoms in total. The molecule has 1 N–H and O–H groups in total. The lowest BCUT2D eigenvalue weighted by Gasteiger charge is -2.11. The van der Waals surface area contributed by atoms with Crippen molar-refractivity contribution in [3.05, 3.63) is 78.6 Å². The number of hydrogen-bond acceptors (Lipinski definition) is 7. The molecule has 2 aromatic heterocycles. The Labute approximate surface area is 183 Å². The lowest BCUT2D eigenvalue weighted by atomic mass is 10.3. The fraction of sp³-hybridized carbons (Fsp3) is 0.0952. The van der Waals surface area contributed by atoms with Crippen molar-refractivity contribution in [3.63, 3.8) is 0 Å². The molecular weight excluding hydrogens is 437 g/mol. The van der Waals surface area contributed by atoms with Crippen LogP contribution in [0.3, 0.4) is 0 Å². The highest BCUT2D eigenvalue weighted by Gasteiger charge is 2.17. The molecule has 0 spiro atoms. The molecule has 0 bridgehead atoms. The number of rotatable bonds is 7. The zero-order valence-corrected chi connectivity index (χ0v) is 17.9. The van der Waals surface area contributed by atoms with Crippen molar-refractivity contribution in [1.29, 1.82) is 0 Å². The third kappa shape index (κ3) is 4.67. The number of ether oxygens (including phenoxy) is 2. The molecule has 0 saturated carbocycles. The lowest BCUT2D eigenvalue weighted by Crippen LogP contribution is -2.13. The smallest absolute Gasteiger partial charge is 0.262 e. The Kier molecular flexibility index (Phi) is 5.73. The van der Waals surface area contributed by atoms with E-state index in [0.29, 0.717) is 23.3 Å². The van der Waals surface area contributed by atoms with Crippen LogP contribution in [-0.2, 0) is 10.0 Å². The molecule has 0 aliphatic heterocycles. The monoisotopic (exact) mass is 455 g/mol. The molecule has 32 heavy (non-hydrogen) atoms. The lowest BCUT2D eigenvalue weighted by molar-refractivity contribution is 0.385. The van der Waals surface area contributed by atoms with Crippen LogP contribution in [0.15, 0.2) is 71.9 Å². The summed E-state index contributed by atoms with van der Waals surface area (Å²) in [6.45, 7) is 1.74.